The van der Waals surface area contributed by atoms with Crippen LogP contribution in [0.2, 0.25) is 0 Å². The summed E-state index contributed by atoms with van der Waals surface area (Å²) < 4.78 is 44.5. The second-order valence-electron chi connectivity index (χ2n) is 8.66. The maximum absolute atomic E-state index is 13.1. The van der Waals surface area contributed by atoms with Crippen LogP contribution in [0.3, 0.4) is 0 Å². The molecule has 3 N–H and O–H groups in total. The zero-order valence-electron chi connectivity index (χ0n) is 19.4. The van der Waals surface area contributed by atoms with Crippen molar-refractivity contribution in [2.45, 2.75) is 18.5 Å². The van der Waals surface area contributed by atoms with E-state index in [2.05, 4.69) is 9.97 Å². The van der Waals surface area contributed by atoms with Crippen molar-refractivity contribution < 1.29 is 32.9 Å². The lowest BCUT2D eigenvalue weighted by Gasteiger charge is -2.25. The number of hydrogen-bond acceptors (Lipinski definition) is 5. The van der Waals surface area contributed by atoms with Gasteiger partial charge in [-0.3, -0.25) is 4.79 Å². The average Bonchev–Trinajstić information content (AvgIpc) is 3.34. The van der Waals surface area contributed by atoms with Gasteiger partial charge in [-0.15, -0.1) is 0 Å². The molecule has 0 bridgehead atoms. The lowest BCUT2D eigenvalue weighted by atomic mass is 10.0. The van der Waals surface area contributed by atoms with Gasteiger partial charge in [0, 0.05) is 41.2 Å². The molecule has 1 aliphatic heterocycles. The Morgan fingerprint density at radius 1 is 0.946 bits per heavy atom. The number of aliphatic hydroxyl groups is 2. The molecule has 2 heterocycles. The normalized spacial score (nSPS) is 14.0. The molecule has 10 heteroatoms. The summed E-state index contributed by atoms with van der Waals surface area (Å²) >= 11 is 0. The first-order valence-corrected chi connectivity index (χ1v) is 11.4. The van der Waals surface area contributed by atoms with Crippen molar-refractivity contribution in [1.29, 1.82) is 0 Å². The Hall–Kier alpha value is -4.15. The van der Waals surface area contributed by atoms with Crippen molar-refractivity contribution in [2.75, 3.05) is 13.2 Å². The van der Waals surface area contributed by atoms with Crippen molar-refractivity contribution >= 4 is 5.91 Å². The second-order valence-corrected chi connectivity index (χ2v) is 8.66. The van der Waals surface area contributed by atoms with E-state index in [9.17, 15) is 28.2 Å². The number of carbonyl (C=O) groups excluding carboxylic acids is 1. The Bertz CT molecular complexity index is 1400. The van der Waals surface area contributed by atoms with Crippen molar-refractivity contribution in [3.8, 4) is 28.3 Å². The number of fused-ring (bicyclic) bond motifs is 1. The standard InChI is InChI=1S/C27H22F3N3O4/c28-27(29,30)26(35,36)22-8-5-19(6-9-22)25(34)33-13-14-37-23-10-7-20(15-21(23)16-33)17-1-3-18(4-2-17)24-31-11-12-32-24/h1-12,15,35-36H,13-14,16H2,(H,31,32). The van der Waals surface area contributed by atoms with Gasteiger partial charge in [-0.05, 0) is 35.4 Å². The van der Waals surface area contributed by atoms with Gasteiger partial charge in [0.1, 0.15) is 18.2 Å². The number of aromatic nitrogens is 2. The van der Waals surface area contributed by atoms with Crippen LogP contribution in [0.25, 0.3) is 22.5 Å². The van der Waals surface area contributed by atoms with Gasteiger partial charge in [-0.25, -0.2) is 4.98 Å². The number of alkyl halides is 3. The van der Waals surface area contributed by atoms with E-state index in [1.165, 1.54) is 0 Å². The third-order valence-electron chi connectivity index (χ3n) is 6.25. The molecule has 0 spiro atoms. The average molecular weight is 509 g/mol. The maximum atomic E-state index is 13.1. The minimum Gasteiger partial charge on any atom is -0.491 e. The summed E-state index contributed by atoms with van der Waals surface area (Å²) in [4.78, 5) is 22.0. The molecule has 4 aromatic rings. The lowest BCUT2D eigenvalue weighted by Crippen LogP contribution is -2.42. The quantitative estimate of drug-likeness (QED) is 0.353. The van der Waals surface area contributed by atoms with Crippen LogP contribution in [0.5, 0.6) is 5.75 Å². The highest BCUT2D eigenvalue weighted by molar-refractivity contribution is 5.94. The van der Waals surface area contributed by atoms with Crippen LogP contribution in [0.4, 0.5) is 13.2 Å². The number of ether oxygens (including phenoxy) is 1. The molecule has 3 aromatic carbocycles. The van der Waals surface area contributed by atoms with E-state index in [1.54, 1.807) is 17.3 Å². The van der Waals surface area contributed by atoms with E-state index < -0.39 is 23.4 Å². The molecule has 1 amide bonds. The number of imidazole rings is 1. The smallest absolute Gasteiger partial charge is 0.447 e. The molecular weight excluding hydrogens is 487 g/mol. The number of H-pyrrole nitrogens is 1. The second kappa shape index (κ2) is 9.38. The number of hydrogen-bond donors (Lipinski definition) is 3. The molecule has 0 atom stereocenters. The lowest BCUT2D eigenvalue weighted by molar-refractivity contribution is -0.358. The van der Waals surface area contributed by atoms with E-state index in [4.69, 9.17) is 4.74 Å². The van der Waals surface area contributed by atoms with Gasteiger partial charge >= 0.3 is 6.18 Å². The van der Waals surface area contributed by atoms with Crippen LogP contribution in [0.1, 0.15) is 21.5 Å². The number of benzene rings is 3. The monoisotopic (exact) mass is 509 g/mol. The van der Waals surface area contributed by atoms with Crippen LogP contribution in [-0.2, 0) is 12.3 Å². The minimum absolute atomic E-state index is 0.120. The number of amides is 1. The molecule has 0 fully saturated rings. The van der Waals surface area contributed by atoms with Gasteiger partial charge < -0.3 is 24.8 Å². The predicted molar refractivity (Wildman–Crippen MR) is 128 cm³/mol. The van der Waals surface area contributed by atoms with Crippen molar-refractivity contribution in [3.63, 3.8) is 0 Å². The highest BCUT2D eigenvalue weighted by Crippen LogP contribution is 2.37. The molecule has 0 aliphatic carbocycles. The fraction of sp³-hybridized carbons (Fsp3) is 0.185. The SMILES string of the molecule is O=C(c1ccc(C(O)(O)C(F)(F)F)cc1)N1CCOc2ccc(-c3ccc(-c4ncc[nH]4)cc3)cc2C1. The summed E-state index contributed by atoms with van der Waals surface area (Å²) in [5.74, 6) is -3.00. The summed E-state index contributed by atoms with van der Waals surface area (Å²) in [6, 6.07) is 17.7. The van der Waals surface area contributed by atoms with Crippen LogP contribution in [0, 0.1) is 0 Å². The Kier molecular flexibility index (Phi) is 6.22. The molecule has 0 radical (unpaired) electrons. The molecule has 1 aromatic heterocycles. The Labute approximate surface area is 209 Å². The van der Waals surface area contributed by atoms with Gasteiger partial charge in [0.25, 0.3) is 11.7 Å². The van der Waals surface area contributed by atoms with Gasteiger partial charge in [0.05, 0.1) is 6.54 Å². The number of rotatable bonds is 4. The summed E-state index contributed by atoms with van der Waals surface area (Å²) in [5.41, 5.74) is 2.98. The minimum atomic E-state index is -5.28. The first-order valence-electron chi connectivity index (χ1n) is 11.4. The largest absolute Gasteiger partial charge is 0.491 e. The molecule has 0 saturated heterocycles. The molecule has 37 heavy (non-hydrogen) atoms. The number of nitrogens with zero attached hydrogens (tertiary/aromatic N) is 2. The highest BCUT2D eigenvalue weighted by atomic mass is 19.4. The predicted octanol–water partition coefficient (Wildman–Crippen LogP) is 4.48. The molecule has 5 rings (SSSR count). The van der Waals surface area contributed by atoms with Gasteiger partial charge in [0.2, 0.25) is 0 Å². The zero-order chi connectivity index (χ0) is 26.2. The third kappa shape index (κ3) is 4.81. The first kappa shape index (κ1) is 24.5. The summed E-state index contributed by atoms with van der Waals surface area (Å²) in [6.07, 6.45) is -1.83. The Morgan fingerprint density at radius 2 is 1.62 bits per heavy atom. The van der Waals surface area contributed by atoms with E-state index in [0.29, 0.717) is 5.75 Å². The number of carbonyl (C=O) groups is 1. The fourth-order valence-corrected chi connectivity index (χ4v) is 4.18. The molecule has 190 valence electrons. The number of nitrogens with one attached hydrogen (secondary N) is 1. The Morgan fingerprint density at radius 3 is 2.27 bits per heavy atom. The van der Waals surface area contributed by atoms with Gasteiger partial charge in [-0.2, -0.15) is 13.2 Å². The van der Waals surface area contributed by atoms with Crippen molar-refractivity contribution in [3.05, 3.63) is 95.8 Å². The summed E-state index contributed by atoms with van der Waals surface area (Å²) in [6.45, 7) is 0.758. The molecule has 7 nitrogen and oxygen atoms in total. The van der Waals surface area contributed by atoms with Crippen LogP contribution in [0.15, 0.2) is 79.1 Å². The van der Waals surface area contributed by atoms with Crippen LogP contribution < -0.4 is 4.74 Å². The number of halogens is 3. The van der Waals surface area contributed by atoms with Crippen molar-refractivity contribution in [2.24, 2.45) is 0 Å². The molecular formula is C27H22F3N3O4. The third-order valence-corrected chi connectivity index (χ3v) is 6.25. The Balaban J connectivity index is 1.36. The van der Waals surface area contributed by atoms with Crippen LogP contribution in [-0.4, -0.2) is 50.3 Å². The maximum Gasteiger partial charge on any atom is 0.447 e. The topological polar surface area (TPSA) is 98.7 Å². The number of aromatic amines is 1. The van der Waals surface area contributed by atoms with E-state index in [0.717, 1.165) is 52.3 Å². The van der Waals surface area contributed by atoms with Crippen LogP contribution >= 0.6 is 0 Å². The highest BCUT2D eigenvalue weighted by Gasteiger charge is 2.54. The molecule has 1 aliphatic rings. The van der Waals surface area contributed by atoms with E-state index in [1.807, 2.05) is 42.5 Å². The molecule has 0 saturated carbocycles. The van der Waals surface area contributed by atoms with Crippen molar-refractivity contribution in [1.82, 2.24) is 14.9 Å². The van der Waals surface area contributed by atoms with E-state index >= 15 is 0 Å². The van der Waals surface area contributed by atoms with E-state index in [-0.39, 0.29) is 25.3 Å². The zero-order valence-corrected chi connectivity index (χ0v) is 19.4. The van der Waals surface area contributed by atoms with Gasteiger partial charge in [0.15, 0.2) is 0 Å². The van der Waals surface area contributed by atoms with Gasteiger partial charge in [-0.1, -0.05) is 42.5 Å². The summed E-state index contributed by atoms with van der Waals surface area (Å²) in [7, 11) is 0. The molecule has 0 unspecified atom stereocenters. The first-order chi connectivity index (χ1) is 17.6. The fourth-order valence-electron chi connectivity index (χ4n) is 4.18. The summed E-state index contributed by atoms with van der Waals surface area (Å²) in [5, 5.41) is 18.9.